The first-order chi connectivity index (χ1) is 6.21. The van der Waals surface area contributed by atoms with Gasteiger partial charge in [0.2, 0.25) is 0 Å². The molecule has 2 atom stereocenters. The van der Waals surface area contributed by atoms with Crippen LogP contribution in [0.4, 0.5) is 0 Å². The molecule has 1 fully saturated rings. The molecule has 1 aliphatic heterocycles. The Hall–Kier alpha value is -0.860. The molecule has 2 rings (SSSR count). The average molecular weight is 177 g/mol. The Morgan fingerprint density at radius 2 is 2.08 bits per heavy atom. The molecule has 70 valence electrons. The van der Waals surface area contributed by atoms with Crippen LogP contribution in [0.25, 0.3) is 0 Å². The molecule has 2 heteroatoms. The number of nitrogens with two attached hydrogens (primary N) is 1. The second-order valence-electron chi connectivity index (χ2n) is 3.90. The second kappa shape index (κ2) is 3.13. The van der Waals surface area contributed by atoms with Crippen LogP contribution in [0.5, 0.6) is 0 Å². The van der Waals surface area contributed by atoms with Gasteiger partial charge >= 0.3 is 0 Å². The fraction of sp³-hybridized carbons (Fsp3) is 0.455. The van der Waals surface area contributed by atoms with Crippen molar-refractivity contribution in [1.29, 1.82) is 0 Å². The summed E-state index contributed by atoms with van der Waals surface area (Å²) >= 11 is 0. The summed E-state index contributed by atoms with van der Waals surface area (Å²) in [7, 11) is 0. The number of rotatable bonds is 3. The molecule has 1 unspecified atom stereocenters. The third kappa shape index (κ3) is 1.90. The van der Waals surface area contributed by atoms with Crippen LogP contribution in [0, 0.1) is 0 Å². The summed E-state index contributed by atoms with van der Waals surface area (Å²) in [5, 5.41) is 0. The number of epoxide rings is 1. The Kier molecular flexibility index (Phi) is 2.10. The van der Waals surface area contributed by atoms with Crippen molar-refractivity contribution in [2.24, 2.45) is 5.73 Å². The maximum Gasteiger partial charge on any atom is 0.104 e. The Labute approximate surface area is 78.7 Å². The first-order valence-electron chi connectivity index (χ1n) is 4.64. The molecule has 0 bridgehead atoms. The molecular formula is C11H15NO. The monoisotopic (exact) mass is 177 g/mol. The van der Waals surface area contributed by atoms with Crippen LogP contribution in [0.3, 0.4) is 0 Å². The standard InChI is InChI=1S/C11H15NO/c1-11(8-13-11)10(12)7-9-5-3-2-4-6-9/h2-6,10H,7-8,12H2,1H3/t10-,11?/m0/s1. The van der Waals surface area contributed by atoms with E-state index in [1.54, 1.807) is 0 Å². The highest BCUT2D eigenvalue weighted by atomic mass is 16.6. The van der Waals surface area contributed by atoms with Crippen LogP contribution in [0.1, 0.15) is 12.5 Å². The first kappa shape index (κ1) is 8.73. The van der Waals surface area contributed by atoms with E-state index >= 15 is 0 Å². The third-order valence-electron chi connectivity index (χ3n) is 2.68. The predicted octanol–water partition coefficient (Wildman–Crippen LogP) is 1.35. The third-order valence-corrected chi connectivity index (χ3v) is 2.68. The van der Waals surface area contributed by atoms with Gasteiger partial charge < -0.3 is 10.5 Å². The minimum absolute atomic E-state index is 0.0597. The van der Waals surface area contributed by atoms with E-state index in [2.05, 4.69) is 19.1 Å². The average Bonchev–Trinajstić information content (AvgIpc) is 2.87. The molecule has 2 N–H and O–H groups in total. The van der Waals surface area contributed by atoms with Crippen molar-refractivity contribution in [3.63, 3.8) is 0 Å². The molecular weight excluding hydrogens is 162 g/mol. The zero-order valence-corrected chi connectivity index (χ0v) is 7.86. The van der Waals surface area contributed by atoms with Crippen molar-refractivity contribution >= 4 is 0 Å². The molecule has 1 aromatic carbocycles. The number of ether oxygens (including phenoxy) is 1. The van der Waals surface area contributed by atoms with Gasteiger partial charge in [0.1, 0.15) is 5.60 Å². The van der Waals surface area contributed by atoms with Gasteiger partial charge in [-0.2, -0.15) is 0 Å². The molecule has 1 saturated heterocycles. The van der Waals surface area contributed by atoms with E-state index < -0.39 is 0 Å². The van der Waals surface area contributed by atoms with Gasteiger partial charge in [0.05, 0.1) is 6.61 Å². The van der Waals surface area contributed by atoms with Gasteiger partial charge in [0.15, 0.2) is 0 Å². The van der Waals surface area contributed by atoms with Crippen LogP contribution in [-0.2, 0) is 11.2 Å². The van der Waals surface area contributed by atoms with E-state index in [1.165, 1.54) is 5.56 Å². The normalized spacial score (nSPS) is 28.5. The Morgan fingerprint density at radius 3 is 2.62 bits per heavy atom. The number of hydrogen-bond acceptors (Lipinski definition) is 2. The van der Waals surface area contributed by atoms with Gasteiger partial charge in [-0.05, 0) is 18.9 Å². The van der Waals surface area contributed by atoms with Crippen LogP contribution in [0.2, 0.25) is 0 Å². The van der Waals surface area contributed by atoms with Crippen molar-refractivity contribution < 1.29 is 4.74 Å². The topological polar surface area (TPSA) is 38.5 Å². The molecule has 0 amide bonds. The molecule has 1 aliphatic rings. The second-order valence-corrected chi connectivity index (χ2v) is 3.90. The van der Waals surface area contributed by atoms with Crippen molar-refractivity contribution in [1.82, 2.24) is 0 Å². The smallest absolute Gasteiger partial charge is 0.104 e. The van der Waals surface area contributed by atoms with Gasteiger partial charge in [-0.3, -0.25) is 0 Å². The molecule has 0 radical (unpaired) electrons. The summed E-state index contributed by atoms with van der Waals surface area (Å²) in [6, 6.07) is 10.4. The summed E-state index contributed by atoms with van der Waals surface area (Å²) in [4.78, 5) is 0. The summed E-state index contributed by atoms with van der Waals surface area (Å²) in [5.41, 5.74) is 7.24. The van der Waals surface area contributed by atoms with Crippen molar-refractivity contribution in [3.8, 4) is 0 Å². The Balaban J connectivity index is 1.98. The lowest BCUT2D eigenvalue weighted by Gasteiger charge is -2.15. The van der Waals surface area contributed by atoms with Crippen molar-refractivity contribution in [3.05, 3.63) is 35.9 Å². The molecule has 0 saturated carbocycles. The van der Waals surface area contributed by atoms with E-state index in [1.807, 2.05) is 18.2 Å². The fourth-order valence-corrected chi connectivity index (χ4v) is 1.41. The summed E-state index contributed by atoms with van der Waals surface area (Å²) in [5.74, 6) is 0. The van der Waals surface area contributed by atoms with E-state index in [4.69, 9.17) is 10.5 Å². The molecule has 1 heterocycles. The number of benzene rings is 1. The Morgan fingerprint density at radius 1 is 1.46 bits per heavy atom. The van der Waals surface area contributed by atoms with Gasteiger partial charge in [0.25, 0.3) is 0 Å². The largest absolute Gasteiger partial charge is 0.368 e. The number of hydrogen-bond donors (Lipinski definition) is 1. The molecule has 0 aliphatic carbocycles. The lowest BCUT2D eigenvalue weighted by molar-refractivity contribution is 0.281. The maximum atomic E-state index is 6.02. The highest BCUT2D eigenvalue weighted by Crippen LogP contribution is 2.30. The van der Waals surface area contributed by atoms with Crippen LogP contribution in [-0.4, -0.2) is 18.2 Å². The van der Waals surface area contributed by atoms with E-state index in [-0.39, 0.29) is 11.6 Å². The highest BCUT2D eigenvalue weighted by Gasteiger charge is 2.44. The molecule has 0 spiro atoms. The van der Waals surface area contributed by atoms with Crippen LogP contribution in [0.15, 0.2) is 30.3 Å². The lowest BCUT2D eigenvalue weighted by Crippen LogP contribution is -2.37. The summed E-state index contributed by atoms with van der Waals surface area (Å²) < 4.78 is 5.30. The lowest BCUT2D eigenvalue weighted by atomic mass is 9.96. The zero-order chi connectivity index (χ0) is 9.31. The zero-order valence-electron chi connectivity index (χ0n) is 7.86. The van der Waals surface area contributed by atoms with Crippen LogP contribution < -0.4 is 5.73 Å². The highest BCUT2D eigenvalue weighted by molar-refractivity contribution is 5.17. The first-order valence-corrected chi connectivity index (χ1v) is 4.64. The Bertz CT molecular complexity index is 279. The minimum Gasteiger partial charge on any atom is -0.368 e. The van der Waals surface area contributed by atoms with Gasteiger partial charge in [0, 0.05) is 6.04 Å². The minimum atomic E-state index is -0.0597. The fourth-order valence-electron chi connectivity index (χ4n) is 1.41. The van der Waals surface area contributed by atoms with Crippen molar-refractivity contribution in [2.45, 2.75) is 25.0 Å². The van der Waals surface area contributed by atoms with E-state index in [0.29, 0.717) is 0 Å². The van der Waals surface area contributed by atoms with Gasteiger partial charge in [-0.25, -0.2) is 0 Å². The quantitative estimate of drug-likeness (QED) is 0.708. The molecule has 2 nitrogen and oxygen atoms in total. The predicted molar refractivity (Wildman–Crippen MR) is 52.5 cm³/mol. The maximum absolute atomic E-state index is 6.02. The van der Waals surface area contributed by atoms with Crippen LogP contribution >= 0.6 is 0 Å². The summed E-state index contributed by atoms with van der Waals surface area (Å²) in [6.45, 7) is 2.88. The van der Waals surface area contributed by atoms with E-state index in [9.17, 15) is 0 Å². The van der Waals surface area contributed by atoms with Gasteiger partial charge in [-0.15, -0.1) is 0 Å². The van der Waals surface area contributed by atoms with E-state index in [0.717, 1.165) is 13.0 Å². The SMILES string of the molecule is CC1([C@@H](N)Cc2ccccc2)CO1. The summed E-state index contributed by atoms with van der Waals surface area (Å²) in [6.07, 6.45) is 0.900. The molecule has 0 aromatic heterocycles. The van der Waals surface area contributed by atoms with Crippen molar-refractivity contribution in [2.75, 3.05) is 6.61 Å². The molecule has 1 aromatic rings. The molecule has 13 heavy (non-hydrogen) atoms. The van der Waals surface area contributed by atoms with Gasteiger partial charge in [-0.1, -0.05) is 30.3 Å².